The largest absolute Gasteiger partial charge is 0.408 e. The molecule has 0 aromatic heterocycles. The van der Waals surface area contributed by atoms with Crippen molar-refractivity contribution in [3.8, 4) is 0 Å². The SMILES string of the molecule is C=C1C[C@H](CCC=O)OC1CC[C@H]1C[C@@H](C)C(=C)C(C[C@@H]2O[C@H](C[C@H](C)CC)[C@H](OC)[C@H]2C(C(O)CC2CCC3O[C@@H]([C@H](/C=C/I)O[Si](C)(C)C(C)(C)C)[C@@H](C)[C@@H](C)C3O2)S(=O)(=O)c2ccccc2)O1.C=C1C[C@H](CCC=O)OC1CC[C@H]1C[C@@H](C)C(=C)C(C[C@@H]2O[C@H](C[C@H](C)CC)[C@H](OC)[C@H]2CC(=O)CC2CCC3O[C@@H]([C@H](/C=C/I)O[Si](C)(C)C(C)(C)C)[C@@H](C)[C@@H](C)C3O2)O1. The summed E-state index contributed by atoms with van der Waals surface area (Å²) in [4.78, 5) is 36.4. The van der Waals surface area contributed by atoms with Gasteiger partial charge in [0.1, 0.15) is 18.4 Å². The minimum Gasteiger partial charge on any atom is -0.408 e. The fraction of sp³-hybridized carbons (Fsp3) is 0.802. The van der Waals surface area contributed by atoms with Crippen molar-refractivity contribution < 1.29 is 93.6 Å². The summed E-state index contributed by atoms with van der Waals surface area (Å²) in [5, 5.41) is 11.7. The molecule has 1 aromatic carbocycles. The number of hydrogen-bond donors (Lipinski definition) is 1. The van der Waals surface area contributed by atoms with Crippen LogP contribution in [0.2, 0.25) is 36.3 Å². The Hall–Kier alpha value is -2.09. The molecule has 1 N–H and O–H groups in total. The molecule has 20 nitrogen and oxygen atoms in total. The normalized spacial score (nSPS) is 37.3. The lowest BCUT2D eigenvalue weighted by Crippen LogP contribution is -2.59. The summed E-state index contributed by atoms with van der Waals surface area (Å²) in [7, 11) is -4.94. The van der Waals surface area contributed by atoms with Crippen LogP contribution in [0.3, 0.4) is 0 Å². The van der Waals surface area contributed by atoms with Gasteiger partial charge in [0.15, 0.2) is 26.5 Å². The predicted molar refractivity (Wildman–Crippen MR) is 543 cm³/mol. The number of aliphatic hydroxyl groups excluding tert-OH is 1. The molecule has 10 fully saturated rings. The van der Waals surface area contributed by atoms with E-state index in [0.717, 1.165) is 131 Å². The first-order chi connectivity index (χ1) is 61.8. The summed E-state index contributed by atoms with van der Waals surface area (Å²) < 4.78 is 130. The summed E-state index contributed by atoms with van der Waals surface area (Å²) in [5.74, 6) is 1.34. The first kappa shape index (κ1) is 111. The van der Waals surface area contributed by atoms with Gasteiger partial charge in [0.2, 0.25) is 0 Å². The van der Waals surface area contributed by atoms with Crippen molar-refractivity contribution in [2.24, 2.45) is 59.2 Å². The van der Waals surface area contributed by atoms with E-state index in [1.807, 2.05) is 10.1 Å². The Labute approximate surface area is 820 Å². The molecule has 0 radical (unpaired) electrons. The van der Waals surface area contributed by atoms with Crippen molar-refractivity contribution in [2.45, 2.75) is 470 Å². The summed E-state index contributed by atoms with van der Waals surface area (Å²) in [6.07, 6.45) is 18.3. The van der Waals surface area contributed by atoms with Crippen LogP contribution in [0.5, 0.6) is 0 Å². The maximum absolute atomic E-state index is 15.4. The van der Waals surface area contributed by atoms with Crippen LogP contribution in [0.15, 0.2) is 104 Å². The Morgan fingerprint density at radius 3 is 1.39 bits per heavy atom. The molecule has 36 atom stereocenters. The number of Topliss-reactive ketones (excluding diaryl/α,β-unsaturated/α-hetero) is 1. The molecule has 1 aromatic rings. The van der Waals surface area contributed by atoms with Crippen LogP contribution in [0.1, 0.15) is 271 Å². The zero-order valence-corrected chi connectivity index (χ0v) is 91.1. The molecule has 10 aliphatic rings. The van der Waals surface area contributed by atoms with E-state index < -0.39 is 74.3 Å². The highest BCUT2D eigenvalue weighted by Crippen LogP contribution is 2.51. The average molecular weight is 2110 g/mol. The van der Waals surface area contributed by atoms with E-state index in [4.69, 9.17) is 65.7 Å². The molecule has 0 saturated carbocycles. The summed E-state index contributed by atoms with van der Waals surface area (Å²) in [5.41, 5.74) is 4.25. The first-order valence-electron chi connectivity index (χ1n) is 50.4. The highest BCUT2D eigenvalue weighted by Gasteiger charge is 2.59. The zero-order chi connectivity index (χ0) is 96.1. The van der Waals surface area contributed by atoms with Crippen LogP contribution < -0.4 is 0 Å². The molecule has 744 valence electrons. The smallest absolute Gasteiger partial charge is 0.193 e. The fourth-order valence-electron chi connectivity index (χ4n) is 22.3. The standard InChI is InChI=1S/C56H89IO11SSi.C50H83IO9Si/c1-14-34(2)29-50-54(62-11)51(49(66-50)33-48-37(5)35(3)30-41(64-48)22-24-45-36(4)31-40(63-45)19-18-28-58)55(69(60,61)43-20-16-15-17-21-43)44(59)32-42-23-25-46-52(65-42)38(6)39(7)53(67-46)47(26-27-57)68-70(12,13)56(8,9)10;1-14-30(2)24-46-49(54-11)40(45(58-46)29-44-33(5)31(3)25-38(56-44)17-19-41-32(4)26-37(55-41)16-15-23-52)28-36(53)27-39-18-20-42-47(57-39)34(6)35(7)48(59-42)43(21-22-51)60-61(12,13)50(8,9)10/h15-17,20-21,26-28,34-35,38-42,44-55,59H,4-5,14,18-19,22-25,29-33H2,1-3,6-13H3;21-23,30-31,34-35,37-49H,4-5,14-20,24-29H2,1-3,6-13H3/b27-26+;22-21+/t34-,35-,38-,39+,40+,41+,42?,44?,45?,46?,47+,48?,49+,50-,51+,52?,53-,54+,55?;30-,31-,34-,35+,37+,38+,39?,40+,41?,42?,43+,44?,45+,46-,47?,48-,49-/m11/s1. The van der Waals surface area contributed by atoms with Gasteiger partial charge in [-0.2, -0.15) is 0 Å². The number of ether oxygens (including phenoxy) is 12. The topological polar surface area (TPSA) is 235 Å². The second kappa shape index (κ2) is 49.5. The molecule has 12 unspecified atom stereocenters. The van der Waals surface area contributed by atoms with Crippen molar-refractivity contribution in [3.05, 3.63) is 99.3 Å². The minimum atomic E-state index is -4.18. The van der Waals surface area contributed by atoms with Gasteiger partial charge < -0.3 is 80.4 Å². The number of aldehydes is 2. The van der Waals surface area contributed by atoms with E-state index in [1.165, 1.54) is 0 Å². The van der Waals surface area contributed by atoms with Crippen molar-refractivity contribution in [2.75, 3.05) is 14.2 Å². The highest BCUT2D eigenvalue weighted by atomic mass is 127. The third-order valence-corrected chi connectivity index (χ3v) is 45.3. The molecule has 10 heterocycles. The maximum Gasteiger partial charge on any atom is 0.193 e. The number of fused-ring (bicyclic) bond motifs is 2. The van der Waals surface area contributed by atoms with E-state index in [1.54, 1.807) is 38.5 Å². The Morgan fingerprint density at radius 1 is 0.527 bits per heavy atom. The molecule has 0 bridgehead atoms. The quantitative estimate of drug-likeness (QED) is 0.0277. The van der Waals surface area contributed by atoms with E-state index in [2.05, 4.69) is 225 Å². The van der Waals surface area contributed by atoms with E-state index >= 15 is 8.42 Å². The average Bonchev–Trinajstić information content (AvgIpc) is 1.70. The van der Waals surface area contributed by atoms with Gasteiger partial charge >= 0.3 is 0 Å². The van der Waals surface area contributed by atoms with E-state index in [0.29, 0.717) is 75.5 Å². The number of sulfone groups is 1. The van der Waals surface area contributed by atoms with Gasteiger partial charge in [-0.15, -0.1) is 0 Å². The Bertz CT molecular complexity index is 4000. The van der Waals surface area contributed by atoms with Gasteiger partial charge in [-0.1, -0.05) is 213 Å². The van der Waals surface area contributed by atoms with Crippen molar-refractivity contribution in [1.82, 2.24) is 0 Å². The van der Waals surface area contributed by atoms with Gasteiger partial charge in [0.05, 0.1) is 163 Å². The number of carbonyl (C=O) groups is 3. The van der Waals surface area contributed by atoms with Crippen LogP contribution in [-0.2, 0) is 89.9 Å². The van der Waals surface area contributed by atoms with Gasteiger partial charge in [-0.3, -0.25) is 4.79 Å². The predicted octanol–water partition coefficient (Wildman–Crippen LogP) is 22.9. The molecule has 11 rings (SSSR count). The number of benzene rings is 1. The molecule has 10 aliphatic heterocycles. The Morgan fingerprint density at radius 2 is 0.954 bits per heavy atom. The molecular formula is C106H172I2O20SSi2. The van der Waals surface area contributed by atoms with Crippen molar-refractivity contribution in [3.63, 3.8) is 0 Å². The van der Waals surface area contributed by atoms with Crippen LogP contribution >= 0.6 is 45.2 Å². The van der Waals surface area contributed by atoms with Gasteiger partial charge in [-0.05, 0) is 241 Å². The second-order valence-electron chi connectivity index (χ2n) is 44.5. The molecular weight excluding hydrogens is 1940 g/mol. The van der Waals surface area contributed by atoms with Crippen LogP contribution in [0.25, 0.3) is 0 Å². The number of hydrogen-bond acceptors (Lipinski definition) is 20. The lowest BCUT2D eigenvalue weighted by molar-refractivity contribution is -0.240. The molecule has 0 amide bonds. The van der Waals surface area contributed by atoms with Crippen molar-refractivity contribution >= 4 is 90.0 Å². The van der Waals surface area contributed by atoms with Crippen LogP contribution in [0, 0.1) is 59.2 Å². The first-order valence-corrected chi connectivity index (χ1v) is 60.3. The molecule has 131 heavy (non-hydrogen) atoms. The molecule has 0 aliphatic carbocycles. The number of halogens is 2. The number of methoxy groups -OCH3 is 2. The number of rotatable bonds is 42. The molecule has 10 saturated heterocycles. The maximum atomic E-state index is 15.4. The number of ketones is 1. The Balaban J connectivity index is 0.000000275. The third kappa shape index (κ3) is 28.3. The van der Waals surface area contributed by atoms with Gasteiger partial charge in [0.25, 0.3) is 0 Å². The van der Waals surface area contributed by atoms with Crippen molar-refractivity contribution in [1.29, 1.82) is 0 Å². The van der Waals surface area contributed by atoms with E-state index in [-0.39, 0.29) is 179 Å². The molecule has 25 heteroatoms. The highest BCUT2D eigenvalue weighted by molar-refractivity contribution is 14.1. The fourth-order valence-corrected chi connectivity index (χ4v) is 27.7. The number of carbonyl (C=O) groups excluding carboxylic acids is 3. The monoisotopic (exact) mass is 2110 g/mol. The number of aliphatic hydroxyl groups is 1. The van der Waals surface area contributed by atoms with E-state index in [9.17, 15) is 19.5 Å². The van der Waals surface area contributed by atoms with Gasteiger partial charge in [-0.25, -0.2) is 8.42 Å². The third-order valence-electron chi connectivity index (χ3n) is 33.2. The lowest BCUT2D eigenvalue weighted by Gasteiger charge is -2.51. The minimum absolute atomic E-state index is 0.00644. The summed E-state index contributed by atoms with van der Waals surface area (Å²) >= 11 is 4.57. The van der Waals surface area contributed by atoms with Crippen LogP contribution in [-0.4, -0.2) is 221 Å². The summed E-state index contributed by atoms with van der Waals surface area (Å²) in [6, 6.07) is 8.53. The second-order valence-corrected chi connectivity index (χ2v) is 57.6. The molecule has 0 spiro atoms. The van der Waals surface area contributed by atoms with Crippen LogP contribution in [0.4, 0.5) is 0 Å². The Kier molecular flexibility index (Phi) is 41.9. The zero-order valence-electron chi connectivity index (χ0n) is 84.0. The lowest BCUT2D eigenvalue weighted by atomic mass is 9.77. The van der Waals surface area contributed by atoms with Gasteiger partial charge in [0, 0.05) is 71.0 Å². The summed E-state index contributed by atoms with van der Waals surface area (Å²) in [6.45, 7) is 62.8.